The van der Waals surface area contributed by atoms with Crippen LogP contribution in [0.25, 0.3) is 0 Å². The van der Waals surface area contributed by atoms with Gasteiger partial charge in [0.2, 0.25) is 5.91 Å². The Bertz CT molecular complexity index is 273. The van der Waals surface area contributed by atoms with E-state index in [9.17, 15) is 4.79 Å². The molecule has 6 heteroatoms. The van der Waals surface area contributed by atoms with Crippen LogP contribution in [0, 0.1) is 5.92 Å². The number of amides is 1. The average molecular weight is 314 g/mol. The molecule has 0 aromatic carbocycles. The summed E-state index contributed by atoms with van der Waals surface area (Å²) in [5.41, 5.74) is 5.89. The quantitative estimate of drug-likeness (QED) is 0.832. The van der Waals surface area contributed by atoms with Crippen LogP contribution in [0.15, 0.2) is 0 Å². The van der Waals surface area contributed by atoms with Crippen molar-refractivity contribution in [2.24, 2.45) is 11.7 Å². The smallest absolute Gasteiger partial charge is 0.225 e. The van der Waals surface area contributed by atoms with Crippen molar-refractivity contribution in [3.05, 3.63) is 0 Å². The third-order valence-corrected chi connectivity index (χ3v) is 4.02. The fraction of sp³-hybridized carbons (Fsp3) is 0.923. The van der Waals surface area contributed by atoms with Crippen LogP contribution in [0.4, 0.5) is 0 Å². The van der Waals surface area contributed by atoms with Gasteiger partial charge in [-0.05, 0) is 40.8 Å². The molecule has 1 amide bonds. The summed E-state index contributed by atoms with van der Waals surface area (Å²) in [6.07, 6.45) is 4.14. The van der Waals surface area contributed by atoms with Crippen molar-refractivity contribution >= 4 is 30.7 Å². The molecule has 0 heterocycles. The van der Waals surface area contributed by atoms with Gasteiger partial charge < -0.3 is 16.0 Å². The van der Waals surface area contributed by atoms with E-state index in [1.54, 1.807) is 0 Å². The average Bonchev–Trinajstić information content (AvgIpc) is 2.24. The van der Waals surface area contributed by atoms with Crippen molar-refractivity contribution in [1.82, 2.24) is 10.2 Å². The van der Waals surface area contributed by atoms with E-state index in [2.05, 4.69) is 17.1 Å². The Kier molecular flexibility index (Phi) is 10.1. The highest BCUT2D eigenvalue weighted by Crippen LogP contribution is 2.31. The lowest BCUT2D eigenvalue weighted by Crippen LogP contribution is -2.54. The number of hydrogen-bond acceptors (Lipinski definition) is 3. The van der Waals surface area contributed by atoms with Gasteiger partial charge in [-0.2, -0.15) is 0 Å². The van der Waals surface area contributed by atoms with Crippen LogP contribution in [0.5, 0.6) is 0 Å². The number of hydrogen-bond donors (Lipinski definition) is 2. The fourth-order valence-corrected chi connectivity index (χ4v) is 2.34. The van der Waals surface area contributed by atoms with E-state index in [4.69, 9.17) is 5.73 Å². The van der Waals surface area contributed by atoms with Gasteiger partial charge in [0.05, 0.1) is 5.92 Å². The zero-order valence-electron chi connectivity index (χ0n) is 12.4. The first kappa shape index (κ1) is 21.3. The van der Waals surface area contributed by atoms with Crippen LogP contribution in [0.1, 0.15) is 39.5 Å². The van der Waals surface area contributed by atoms with Gasteiger partial charge in [0.15, 0.2) is 0 Å². The lowest BCUT2D eigenvalue weighted by molar-refractivity contribution is -0.128. The molecule has 1 fully saturated rings. The fourth-order valence-electron chi connectivity index (χ4n) is 2.34. The number of likely N-dealkylation sites (N-methyl/N-ethyl adjacent to an activating group) is 1. The molecular weight excluding hydrogens is 285 g/mol. The van der Waals surface area contributed by atoms with Gasteiger partial charge in [0, 0.05) is 18.1 Å². The molecule has 1 rings (SSSR count). The summed E-state index contributed by atoms with van der Waals surface area (Å²) in [5.74, 6) is 0.106. The molecule has 1 aliphatic rings. The molecule has 116 valence electrons. The number of carbonyl (C=O) groups is 1. The summed E-state index contributed by atoms with van der Waals surface area (Å²) < 4.78 is 0. The Labute approximate surface area is 129 Å². The molecule has 0 saturated heterocycles. The standard InChI is InChI=1S/C13H27N3O.2ClH/c1-10(16(3)4)9-15-12(17)11-7-5-6-8-13(11,2)14;;/h10-11H,5-9,14H2,1-4H3,(H,15,17);2*1H. The van der Waals surface area contributed by atoms with Crippen molar-refractivity contribution < 1.29 is 4.79 Å². The Morgan fingerprint density at radius 2 is 2.00 bits per heavy atom. The topological polar surface area (TPSA) is 58.4 Å². The summed E-state index contributed by atoms with van der Waals surface area (Å²) in [7, 11) is 4.04. The minimum absolute atomic E-state index is 0. The van der Waals surface area contributed by atoms with Crippen LogP contribution >= 0.6 is 24.8 Å². The van der Waals surface area contributed by atoms with E-state index in [-0.39, 0.29) is 42.2 Å². The van der Waals surface area contributed by atoms with Crippen molar-refractivity contribution in [1.29, 1.82) is 0 Å². The Hall–Kier alpha value is -0.0300. The molecule has 3 unspecified atom stereocenters. The van der Waals surface area contributed by atoms with Crippen LogP contribution in [0.2, 0.25) is 0 Å². The number of nitrogens with one attached hydrogen (secondary N) is 1. The van der Waals surface area contributed by atoms with E-state index < -0.39 is 0 Å². The number of rotatable bonds is 4. The number of halogens is 2. The predicted octanol–water partition coefficient (Wildman–Crippen LogP) is 1.80. The summed E-state index contributed by atoms with van der Waals surface area (Å²) in [6.45, 7) is 4.80. The van der Waals surface area contributed by atoms with Gasteiger partial charge in [0.1, 0.15) is 0 Å². The normalized spacial score (nSPS) is 28.0. The zero-order chi connectivity index (χ0) is 13.1. The maximum atomic E-state index is 12.1. The van der Waals surface area contributed by atoms with Crippen LogP contribution in [0.3, 0.4) is 0 Å². The SMILES string of the molecule is CC(CNC(=O)C1CCCCC1(C)N)N(C)C.Cl.Cl. The van der Waals surface area contributed by atoms with E-state index in [0.717, 1.165) is 25.7 Å². The molecule has 0 aromatic rings. The van der Waals surface area contributed by atoms with Gasteiger partial charge >= 0.3 is 0 Å². The first-order valence-corrected chi connectivity index (χ1v) is 6.57. The number of nitrogens with two attached hydrogens (primary N) is 1. The van der Waals surface area contributed by atoms with Crippen LogP contribution in [-0.4, -0.2) is 43.0 Å². The van der Waals surface area contributed by atoms with Crippen molar-refractivity contribution in [3.8, 4) is 0 Å². The second kappa shape index (κ2) is 9.01. The molecule has 0 radical (unpaired) electrons. The van der Waals surface area contributed by atoms with Gasteiger partial charge in [0.25, 0.3) is 0 Å². The van der Waals surface area contributed by atoms with Gasteiger partial charge in [-0.25, -0.2) is 0 Å². The molecular formula is C13H29Cl2N3O. The Balaban J connectivity index is 0. The molecule has 0 aliphatic heterocycles. The highest BCUT2D eigenvalue weighted by molar-refractivity contribution is 5.85. The number of nitrogens with zero attached hydrogens (tertiary/aromatic N) is 1. The molecule has 0 spiro atoms. The molecule has 0 aromatic heterocycles. The van der Waals surface area contributed by atoms with Crippen molar-refractivity contribution in [3.63, 3.8) is 0 Å². The third-order valence-electron chi connectivity index (χ3n) is 4.02. The first-order valence-electron chi connectivity index (χ1n) is 6.57. The van der Waals surface area contributed by atoms with E-state index in [1.165, 1.54) is 0 Å². The molecule has 1 aliphatic carbocycles. The van der Waals surface area contributed by atoms with Gasteiger partial charge in [-0.15, -0.1) is 24.8 Å². The molecule has 0 bridgehead atoms. The van der Waals surface area contributed by atoms with E-state index in [1.807, 2.05) is 21.0 Å². The summed E-state index contributed by atoms with van der Waals surface area (Å²) >= 11 is 0. The van der Waals surface area contributed by atoms with Crippen molar-refractivity contribution in [2.75, 3.05) is 20.6 Å². The molecule has 3 atom stereocenters. The second-order valence-corrected chi connectivity index (χ2v) is 5.86. The second-order valence-electron chi connectivity index (χ2n) is 5.86. The molecule has 4 nitrogen and oxygen atoms in total. The Morgan fingerprint density at radius 3 is 2.47 bits per heavy atom. The first-order chi connectivity index (χ1) is 7.84. The lowest BCUT2D eigenvalue weighted by atomic mass is 9.74. The monoisotopic (exact) mass is 313 g/mol. The van der Waals surface area contributed by atoms with E-state index in [0.29, 0.717) is 12.6 Å². The molecule has 1 saturated carbocycles. The van der Waals surface area contributed by atoms with Crippen molar-refractivity contribution in [2.45, 2.75) is 51.1 Å². The molecule has 19 heavy (non-hydrogen) atoms. The maximum absolute atomic E-state index is 12.1. The zero-order valence-corrected chi connectivity index (χ0v) is 14.1. The Morgan fingerprint density at radius 1 is 1.42 bits per heavy atom. The lowest BCUT2D eigenvalue weighted by Gasteiger charge is -2.37. The maximum Gasteiger partial charge on any atom is 0.225 e. The van der Waals surface area contributed by atoms with Crippen LogP contribution < -0.4 is 11.1 Å². The molecule has 3 N–H and O–H groups in total. The highest BCUT2D eigenvalue weighted by atomic mass is 35.5. The largest absolute Gasteiger partial charge is 0.354 e. The summed E-state index contributed by atoms with van der Waals surface area (Å²) in [4.78, 5) is 14.2. The predicted molar refractivity (Wildman–Crippen MR) is 85.2 cm³/mol. The number of carbonyl (C=O) groups excluding carboxylic acids is 1. The minimum Gasteiger partial charge on any atom is -0.354 e. The highest BCUT2D eigenvalue weighted by Gasteiger charge is 2.37. The minimum atomic E-state index is -0.330. The summed E-state index contributed by atoms with van der Waals surface area (Å²) in [5, 5.41) is 3.03. The van der Waals surface area contributed by atoms with E-state index >= 15 is 0 Å². The summed E-state index contributed by atoms with van der Waals surface area (Å²) in [6, 6.07) is 0.353. The third kappa shape index (κ3) is 6.30. The van der Waals surface area contributed by atoms with Gasteiger partial charge in [-0.3, -0.25) is 4.79 Å². The van der Waals surface area contributed by atoms with Crippen LogP contribution in [-0.2, 0) is 4.79 Å². The van der Waals surface area contributed by atoms with Gasteiger partial charge in [-0.1, -0.05) is 12.8 Å².